The van der Waals surface area contributed by atoms with Crippen molar-refractivity contribution in [3.63, 3.8) is 0 Å². The number of likely N-dealkylation sites (N-methyl/N-ethyl adjacent to an activating group) is 1. The number of phosphoric ester groups is 1. The van der Waals surface area contributed by atoms with Crippen molar-refractivity contribution < 1.29 is 42.1 Å². The standard InChI is InChI=1S/C78H130NO8P/c1-6-8-10-12-14-16-18-20-22-24-26-28-30-32-34-36-37-38-39-40-41-43-44-46-48-50-52-54-56-58-60-62-64-66-68-70-77(80)84-74-76(75-86-88(82,83)85-73-72-79(3,4)5)87-78(81)71-69-67-65-63-61-59-57-55-53-51-49-47-45-42-35-33-31-29-27-25-23-21-19-17-15-13-11-9-7-2/h8-11,14-17,20-23,26-29,32-35,45,47,51,53,57,59,76H,6-7,12-13,18-19,24-25,30-31,36-44,46,48-50,52,54-56,58,60-75H2,1-5H3/b10-8-,11-9-,16-14-,17-15-,22-20-,23-21-,28-26-,29-27-,34-32-,35-33-,47-45-,53-51-,59-57-. The molecule has 0 aliphatic rings. The summed E-state index contributed by atoms with van der Waals surface area (Å²) in [6.45, 7) is 3.98. The van der Waals surface area contributed by atoms with Crippen LogP contribution >= 0.6 is 7.82 Å². The number of ether oxygens (including phenoxy) is 2. The molecule has 0 bridgehead atoms. The number of allylic oxidation sites excluding steroid dienone is 26. The molecule has 10 heteroatoms. The number of quaternary nitrogens is 1. The Bertz CT molecular complexity index is 2040. The minimum atomic E-state index is -4.66. The van der Waals surface area contributed by atoms with Crippen molar-refractivity contribution >= 4 is 19.8 Å². The van der Waals surface area contributed by atoms with Gasteiger partial charge in [0.2, 0.25) is 0 Å². The molecule has 0 aliphatic heterocycles. The summed E-state index contributed by atoms with van der Waals surface area (Å²) in [6.07, 6.45) is 100. The second-order valence-corrected chi connectivity index (χ2v) is 25.5. The number of hydrogen-bond acceptors (Lipinski definition) is 8. The zero-order valence-electron chi connectivity index (χ0n) is 56.9. The molecule has 2 atom stereocenters. The van der Waals surface area contributed by atoms with Crippen molar-refractivity contribution in [2.45, 2.75) is 277 Å². The fourth-order valence-corrected chi connectivity index (χ4v) is 9.96. The molecule has 0 aromatic rings. The number of unbranched alkanes of at least 4 members (excludes halogenated alkanes) is 23. The number of rotatable bonds is 63. The van der Waals surface area contributed by atoms with Crippen LogP contribution in [0.1, 0.15) is 271 Å². The van der Waals surface area contributed by atoms with Crippen LogP contribution in [0.25, 0.3) is 0 Å². The number of esters is 2. The third kappa shape index (κ3) is 70.7. The first-order chi connectivity index (χ1) is 43.0. The Hall–Kier alpha value is -4.37. The molecule has 0 fully saturated rings. The highest BCUT2D eigenvalue weighted by Gasteiger charge is 2.22. The summed E-state index contributed by atoms with van der Waals surface area (Å²) in [5, 5.41) is 0. The minimum Gasteiger partial charge on any atom is -0.756 e. The van der Waals surface area contributed by atoms with Crippen molar-refractivity contribution in [2.24, 2.45) is 0 Å². The van der Waals surface area contributed by atoms with Crippen molar-refractivity contribution in [3.05, 3.63) is 158 Å². The van der Waals surface area contributed by atoms with Gasteiger partial charge in [0.15, 0.2) is 6.10 Å². The van der Waals surface area contributed by atoms with Crippen molar-refractivity contribution in [3.8, 4) is 0 Å². The number of nitrogens with zero attached hydrogens (tertiary/aromatic N) is 1. The van der Waals surface area contributed by atoms with Crippen molar-refractivity contribution in [1.29, 1.82) is 0 Å². The summed E-state index contributed by atoms with van der Waals surface area (Å²) in [5.74, 6) is -0.866. The lowest BCUT2D eigenvalue weighted by molar-refractivity contribution is -0.870. The summed E-state index contributed by atoms with van der Waals surface area (Å²) in [5.41, 5.74) is 0. The molecule has 88 heavy (non-hydrogen) atoms. The molecule has 0 radical (unpaired) electrons. The Morgan fingerprint density at radius 2 is 0.614 bits per heavy atom. The van der Waals surface area contributed by atoms with Gasteiger partial charge in [-0.1, -0.05) is 294 Å². The predicted octanol–water partition coefficient (Wildman–Crippen LogP) is 22.5. The highest BCUT2D eigenvalue weighted by Crippen LogP contribution is 2.38. The number of hydrogen-bond donors (Lipinski definition) is 0. The maximum Gasteiger partial charge on any atom is 0.306 e. The van der Waals surface area contributed by atoms with Crippen LogP contribution in [-0.2, 0) is 32.7 Å². The Kier molecular flexibility index (Phi) is 63.7. The van der Waals surface area contributed by atoms with E-state index < -0.39 is 32.5 Å². The van der Waals surface area contributed by atoms with E-state index in [1.807, 2.05) is 21.1 Å². The zero-order chi connectivity index (χ0) is 64.1. The molecule has 500 valence electrons. The van der Waals surface area contributed by atoms with E-state index in [9.17, 15) is 19.0 Å². The first kappa shape index (κ1) is 83.6. The smallest absolute Gasteiger partial charge is 0.306 e. The third-order valence-corrected chi connectivity index (χ3v) is 15.5. The Morgan fingerprint density at radius 1 is 0.352 bits per heavy atom. The maximum absolute atomic E-state index is 12.9. The summed E-state index contributed by atoms with van der Waals surface area (Å²) >= 11 is 0. The second kappa shape index (κ2) is 67.0. The summed E-state index contributed by atoms with van der Waals surface area (Å²) in [4.78, 5) is 38.1. The van der Waals surface area contributed by atoms with Crippen LogP contribution in [0.5, 0.6) is 0 Å². The Morgan fingerprint density at radius 3 is 0.909 bits per heavy atom. The average molecular weight is 1240 g/mol. The topological polar surface area (TPSA) is 111 Å². The highest BCUT2D eigenvalue weighted by molar-refractivity contribution is 7.45. The van der Waals surface area contributed by atoms with E-state index in [1.165, 1.54) is 109 Å². The fraction of sp³-hybridized carbons (Fsp3) is 0.641. The van der Waals surface area contributed by atoms with Crippen LogP contribution in [0.2, 0.25) is 0 Å². The zero-order valence-corrected chi connectivity index (χ0v) is 57.8. The average Bonchev–Trinajstić information content (AvgIpc) is 3.68. The normalized spacial score (nSPS) is 14.1. The van der Waals surface area contributed by atoms with E-state index in [4.69, 9.17) is 18.5 Å². The first-order valence-corrected chi connectivity index (χ1v) is 36.7. The third-order valence-electron chi connectivity index (χ3n) is 14.5. The van der Waals surface area contributed by atoms with Crippen LogP contribution in [-0.4, -0.2) is 70.0 Å². The van der Waals surface area contributed by atoms with Crippen molar-refractivity contribution in [1.82, 2.24) is 0 Å². The predicted molar refractivity (Wildman–Crippen MR) is 378 cm³/mol. The fourth-order valence-electron chi connectivity index (χ4n) is 9.23. The summed E-state index contributed by atoms with van der Waals surface area (Å²) < 4.78 is 34.3. The number of phosphoric acid groups is 1. The lowest BCUT2D eigenvalue weighted by atomic mass is 10.0. The van der Waals surface area contributed by atoms with E-state index >= 15 is 0 Å². The van der Waals surface area contributed by atoms with Crippen LogP contribution < -0.4 is 4.89 Å². The summed E-state index contributed by atoms with van der Waals surface area (Å²) in [6, 6.07) is 0. The largest absolute Gasteiger partial charge is 0.756 e. The second-order valence-electron chi connectivity index (χ2n) is 24.1. The van der Waals surface area contributed by atoms with E-state index in [-0.39, 0.29) is 26.1 Å². The first-order valence-electron chi connectivity index (χ1n) is 35.2. The van der Waals surface area contributed by atoms with Gasteiger partial charge < -0.3 is 27.9 Å². The van der Waals surface area contributed by atoms with E-state index in [0.717, 1.165) is 128 Å². The molecular formula is C78H130NO8P. The molecule has 0 N–H and O–H groups in total. The van der Waals surface area contributed by atoms with Crippen molar-refractivity contribution in [2.75, 3.05) is 47.5 Å². The van der Waals surface area contributed by atoms with Gasteiger partial charge in [-0.3, -0.25) is 14.2 Å². The minimum absolute atomic E-state index is 0.0433. The molecular weight excluding hydrogens is 1110 g/mol. The lowest BCUT2D eigenvalue weighted by Gasteiger charge is -2.28. The van der Waals surface area contributed by atoms with Gasteiger partial charge in [-0.15, -0.1) is 0 Å². The summed E-state index contributed by atoms with van der Waals surface area (Å²) in [7, 11) is 1.13. The van der Waals surface area contributed by atoms with Gasteiger partial charge >= 0.3 is 11.9 Å². The lowest BCUT2D eigenvalue weighted by Crippen LogP contribution is -2.37. The molecule has 0 rings (SSSR count). The molecule has 0 aromatic carbocycles. The molecule has 0 aliphatic carbocycles. The quantitative estimate of drug-likeness (QED) is 0.0195. The Labute approximate surface area is 541 Å². The van der Waals surface area contributed by atoms with Gasteiger partial charge in [0, 0.05) is 12.8 Å². The molecule has 0 amide bonds. The van der Waals surface area contributed by atoms with Gasteiger partial charge in [-0.25, -0.2) is 0 Å². The van der Waals surface area contributed by atoms with Crippen LogP contribution in [0.3, 0.4) is 0 Å². The molecule has 0 heterocycles. The molecule has 9 nitrogen and oxygen atoms in total. The van der Waals surface area contributed by atoms with Gasteiger partial charge in [0.1, 0.15) is 19.8 Å². The van der Waals surface area contributed by atoms with E-state index in [0.29, 0.717) is 17.4 Å². The molecule has 0 saturated carbocycles. The van der Waals surface area contributed by atoms with Crippen LogP contribution in [0, 0.1) is 0 Å². The van der Waals surface area contributed by atoms with Gasteiger partial charge in [0.05, 0.1) is 27.7 Å². The van der Waals surface area contributed by atoms with Gasteiger partial charge in [-0.2, -0.15) is 0 Å². The van der Waals surface area contributed by atoms with E-state index in [2.05, 4.69) is 172 Å². The van der Waals surface area contributed by atoms with Crippen LogP contribution in [0.4, 0.5) is 0 Å². The molecule has 0 saturated heterocycles. The highest BCUT2D eigenvalue weighted by atomic mass is 31.2. The molecule has 0 aromatic heterocycles. The Balaban J connectivity index is 4.11. The monoisotopic (exact) mass is 1240 g/mol. The van der Waals surface area contributed by atoms with Gasteiger partial charge in [-0.05, 0) is 122 Å². The SMILES string of the molecule is CC/C=C\C/C=C\C/C=C\C/C=C\C/C=C\C/C=C\C/C=C\C/C=C\CCCCCCC(=O)OC(COC(=O)CCCCCCCCCCCCCCCCCCCCC/C=C\C/C=C\C/C=C\C/C=C\C/C=C\CC)COP(=O)([O-])OCC[N+](C)(C)C. The van der Waals surface area contributed by atoms with Crippen LogP contribution in [0.15, 0.2) is 158 Å². The maximum atomic E-state index is 12.9. The number of carbonyl (C=O) groups is 2. The van der Waals surface area contributed by atoms with E-state index in [1.54, 1.807) is 0 Å². The number of carbonyl (C=O) groups excluding carboxylic acids is 2. The molecule has 2 unspecified atom stereocenters. The van der Waals surface area contributed by atoms with Gasteiger partial charge in [0.25, 0.3) is 7.82 Å². The molecule has 0 spiro atoms.